The lowest BCUT2D eigenvalue weighted by Gasteiger charge is -2.62. The van der Waals surface area contributed by atoms with Gasteiger partial charge in [-0.1, -0.05) is 18.2 Å². The average molecular weight is 458 g/mol. The summed E-state index contributed by atoms with van der Waals surface area (Å²) in [4.78, 5) is 17.8. The number of hydrogen-bond acceptors (Lipinski definition) is 6. The molecule has 0 aromatic heterocycles. The molecule has 1 amide bonds. The molecule has 3 aliphatic heterocycles. The van der Waals surface area contributed by atoms with E-state index >= 15 is 0 Å². The Morgan fingerprint density at radius 1 is 1.06 bits per heavy atom. The van der Waals surface area contributed by atoms with Crippen LogP contribution in [0.25, 0.3) is 0 Å². The fourth-order valence-electron chi connectivity index (χ4n) is 5.07. The fraction of sp³-hybridized carbons (Fsp3) is 0.435. The van der Waals surface area contributed by atoms with Gasteiger partial charge in [-0.3, -0.25) is 9.69 Å². The zero-order chi connectivity index (χ0) is 22.3. The molecule has 8 nitrogen and oxygen atoms in total. The molecular formula is C23H27N3O5S. The number of carbonyl (C=O) groups is 1. The quantitative estimate of drug-likeness (QED) is 0.689. The molecule has 1 atom stereocenters. The largest absolute Gasteiger partial charge is 0.497 e. The van der Waals surface area contributed by atoms with Crippen LogP contribution in [0.15, 0.2) is 59.5 Å². The molecule has 2 aromatic carbocycles. The zero-order valence-electron chi connectivity index (χ0n) is 18.0. The fourth-order valence-corrected chi connectivity index (χ4v) is 6.69. The van der Waals surface area contributed by atoms with Crippen LogP contribution in [-0.4, -0.2) is 93.1 Å². The highest BCUT2D eigenvalue weighted by atomic mass is 32.2. The average Bonchev–Trinajstić information content (AvgIpc) is 2.82. The van der Waals surface area contributed by atoms with Gasteiger partial charge in [0.25, 0.3) is 5.91 Å². The molecule has 3 fully saturated rings. The number of morpholine rings is 1. The number of amides is 1. The molecule has 170 valence electrons. The Labute approximate surface area is 188 Å². The standard InChI is InChI=1S/C23H27N3O5S/c1-30-20-9-7-18(8-10-20)22(27)24-13-19-14-31-12-11-26(19)23(15-24)16-25(17-23)32(28,29)21-5-3-2-4-6-21/h2-10,19H,11-17H2,1H3/t19-/m1/s1. The summed E-state index contributed by atoms with van der Waals surface area (Å²) in [6.45, 7) is 3.71. The van der Waals surface area contributed by atoms with Crippen molar-refractivity contribution in [2.24, 2.45) is 0 Å². The van der Waals surface area contributed by atoms with Gasteiger partial charge in [-0.05, 0) is 36.4 Å². The van der Waals surface area contributed by atoms with Gasteiger partial charge >= 0.3 is 0 Å². The van der Waals surface area contributed by atoms with E-state index in [1.165, 1.54) is 4.31 Å². The molecule has 0 N–H and O–H groups in total. The van der Waals surface area contributed by atoms with Gasteiger partial charge in [0.15, 0.2) is 0 Å². The number of fused-ring (bicyclic) bond motifs is 2. The zero-order valence-corrected chi connectivity index (χ0v) is 18.8. The highest BCUT2D eigenvalue weighted by Gasteiger charge is 2.57. The number of ether oxygens (including phenoxy) is 2. The van der Waals surface area contributed by atoms with Crippen molar-refractivity contribution in [3.8, 4) is 5.75 Å². The summed E-state index contributed by atoms with van der Waals surface area (Å²) < 4.78 is 38.6. The number of methoxy groups -OCH3 is 1. The van der Waals surface area contributed by atoms with Crippen LogP contribution in [0.2, 0.25) is 0 Å². The monoisotopic (exact) mass is 457 g/mol. The molecule has 5 rings (SSSR count). The molecule has 0 radical (unpaired) electrons. The topological polar surface area (TPSA) is 79.4 Å². The summed E-state index contributed by atoms with van der Waals surface area (Å²) in [6.07, 6.45) is 0. The van der Waals surface area contributed by atoms with Crippen molar-refractivity contribution in [1.29, 1.82) is 0 Å². The molecule has 0 unspecified atom stereocenters. The van der Waals surface area contributed by atoms with Crippen LogP contribution >= 0.6 is 0 Å². The van der Waals surface area contributed by atoms with E-state index in [0.717, 1.165) is 6.54 Å². The Bertz CT molecular complexity index is 1080. The van der Waals surface area contributed by atoms with Gasteiger partial charge in [-0.25, -0.2) is 8.42 Å². The molecule has 9 heteroatoms. The van der Waals surface area contributed by atoms with Gasteiger partial charge in [0.05, 0.1) is 36.8 Å². The molecule has 3 aliphatic rings. The predicted molar refractivity (Wildman–Crippen MR) is 118 cm³/mol. The molecule has 2 aromatic rings. The first-order chi connectivity index (χ1) is 15.4. The minimum Gasteiger partial charge on any atom is -0.497 e. The van der Waals surface area contributed by atoms with E-state index < -0.39 is 15.6 Å². The van der Waals surface area contributed by atoms with Gasteiger partial charge in [0.2, 0.25) is 10.0 Å². The molecule has 1 spiro atoms. The Balaban J connectivity index is 1.38. The van der Waals surface area contributed by atoms with Crippen LogP contribution in [-0.2, 0) is 14.8 Å². The minimum atomic E-state index is -3.55. The van der Waals surface area contributed by atoms with Crippen molar-refractivity contribution in [1.82, 2.24) is 14.1 Å². The van der Waals surface area contributed by atoms with Crippen LogP contribution in [0.4, 0.5) is 0 Å². The molecule has 0 saturated carbocycles. The number of carbonyl (C=O) groups excluding carboxylic acids is 1. The number of nitrogens with zero attached hydrogens (tertiary/aromatic N) is 3. The number of benzene rings is 2. The Kier molecular flexibility index (Phi) is 5.45. The lowest BCUT2D eigenvalue weighted by molar-refractivity contribution is -0.141. The van der Waals surface area contributed by atoms with E-state index in [2.05, 4.69) is 4.90 Å². The van der Waals surface area contributed by atoms with Crippen molar-refractivity contribution >= 4 is 15.9 Å². The number of hydrogen-bond donors (Lipinski definition) is 0. The highest BCUT2D eigenvalue weighted by molar-refractivity contribution is 7.89. The van der Waals surface area contributed by atoms with Gasteiger partial charge < -0.3 is 14.4 Å². The maximum absolute atomic E-state index is 13.3. The summed E-state index contributed by atoms with van der Waals surface area (Å²) in [5.74, 6) is 0.644. The van der Waals surface area contributed by atoms with Crippen LogP contribution in [0, 0.1) is 0 Å². The van der Waals surface area contributed by atoms with Crippen LogP contribution in [0.5, 0.6) is 5.75 Å². The van der Waals surface area contributed by atoms with Gasteiger partial charge in [0.1, 0.15) is 5.75 Å². The van der Waals surface area contributed by atoms with E-state index in [0.29, 0.717) is 55.6 Å². The first-order valence-electron chi connectivity index (χ1n) is 10.8. The summed E-state index contributed by atoms with van der Waals surface area (Å²) in [6, 6.07) is 15.7. The van der Waals surface area contributed by atoms with Crippen LogP contribution < -0.4 is 4.74 Å². The Morgan fingerprint density at radius 3 is 2.47 bits per heavy atom. The number of sulfonamides is 1. The van der Waals surface area contributed by atoms with Crippen LogP contribution in [0.3, 0.4) is 0 Å². The molecule has 0 aliphatic carbocycles. The van der Waals surface area contributed by atoms with Crippen molar-refractivity contribution in [3.05, 3.63) is 60.2 Å². The van der Waals surface area contributed by atoms with Gasteiger partial charge in [-0.2, -0.15) is 4.31 Å². The van der Waals surface area contributed by atoms with Crippen LogP contribution in [0.1, 0.15) is 10.4 Å². The second-order valence-electron chi connectivity index (χ2n) is 8.65. The summed E-state index contributed by atoms with van der Waals surface area (Å²) in [7, 11) is -1.96. The van der Waals surface area contributed by atoms with Crippen molar-refractivity contribution in [2.75, 3.05) is 53.0 Å². The smallest absolute Gasteiger partial charge is 0.253 e. The van der Waals surface area contributed by atoms with Crippen molar-refractivity contribution in [3.63, 3.8) is 0 Å². The van der Waals surface area contributed by atoms with E-state index in [4.69, 9.17) is 9.47 Å². The van der Waals surface area contributed by atoms with E-state index in [-0.39, 0.29) is 11.9 Å². The maximum atomic E-state index is 13.3. The van der Waals surface area contributed by atoms with Gasteiger partial charge in [-0.15, -0.1) is 0 Å². The first-order valence-corrected chi connectivity index (χ1v) is 12.2. The molecule has 3 heterocycles. The van der Waals surface area contributed by atoms with Crippen molar-refractivity contribution < 1.29 is 22.7 Å². The number of rotatable bonds is 4. The molecule has 3 saturated heterocycles. The number of piperazine rings is 1. The summed E-state index contributed by atoms with van der Waals surface area (Å²) >= 11 is 0. The predicted octanol–water partition coefficient (Wildman–Crippen LogP) is 1.30. The van der Waals surface area contributed by atoms with E-state index in [1.807, 2.05) is 4.90 Å². The third-order valence-corrected chi connectivity index (χ3v) is 8.51. The molecule has 32 heavy (non-hydrogen) atoms. The summed E-state index contributed by atoms with van der Waals surface area (Å²) in [5.41, 5.74) is 0.204. The van der Waals surface area contributed by atoms with E-state index in [9.17, 15) is 13.2 Å². The van der Waals surface area contributed by atoms with Gasteiger partial charge in [0, 0.05) is 38.3 Å². The maximum Gasteiger partial charge on any atom is 0.253 e. The highest BCUT2D eigenvalue weighted by Crippen LogP contribution is 2.38. The summed E-state index contributed by atoms with van der Waals surface area (Å²) in [5, 5.41) is 0. The molecular weight excluding hydrogens is 430 g/mol. The lowest BCUT2D eigenvalue weighted by atomic mass is 9.84. The molecule has 0 bridgehead atoms. The first kappa shape index (κ1) is 21.4. The third kappa shape index (κ3) is 3.59. The SMILES string of the molecule is COc1ccc(C(=O)N2C[C@@H]3COCCN3C3(C2)CN(S(=O)(=O)c2ccccc2)C3)cc1. The Hall–Kier alpha value is -2.46. The van der Waals surface area contributed by atoms with Crippen molar-refractivity contribution in [2.45, 2.75) is 16.5 Å². The second-order valence-corrected chi connectivity index (χ2v) is 10.6. The third-order valence-electron chi connectivity index (χ3n) is 6.70. The van der Waals surface area contributed by atoms with E-state index in [1.54, 1.807) is 61.7 Å². The second kappa shape index (κ2) is 8.15. The Morgan fingerprint density at radius 2 is 1.78 bits per heavy atom. The normalized spacial score (nSPS) is 23.4. The minimum absolute atomic E-state index is 0.0541. The lowest BCUT2D eigenvalue weighted by Crippen LogP contribution is -2.81.